The van der Waals surface area contributed by atoms with Gasteiger partial charge >= 0.3 is 0 Å². The quantitative estimate of drug-likeness (QED) is 0.744. The predicted octanol–water partition coefficient (Wildman–Crippen LogP) is 1.02. The Balaban J connectivity index is 1.98. The lowest BCUT2D eigenvalue weighted by molar-refractivity contribution is 0.292. The van der Waals surface area contributed by atoms with E-state index in [-0.39, 0.29) is 6.61 Å². The maximum absolute atomic E-state index is 8.63. The van der Waals surface area contributed by atoms with Crippen molar-refractivity contribution in [3.8, 4) is 5.69 Å². The molecule has 0 aliphatic carbocycles. The second-order valence-corrected chi connectivity index (χ2v) is 4.14. The van der Waals surface area contributed by atoms with Gasteiger partial charge in [-0.1, -0.05) is 0 Å². The standard InChI is InChI=1S/C10H13N3OS/c14-4-2-11-6-10-5-9(7-15-10)13-3-1-12-8-13/h1,3,5,7-8,11,14H,2,4,6H2. The molecule has 0 radical (unpaired) electrons. The maximum Gasteiger partial charge on any atom is 0.0991 e. The minimum Gasteiger partial charge on any atom is -0.395 e. The summed E-state index contributed by atoms with van der Waals surface area (Å²) in [6.45, 7) is 1.62. The van der Waals surface area contributed by atoms with Gasteiger partial charge in [0.25, 0.3) is 0 Å². The van der Waals surface area contributed by atoms with E-state index in [2.05, 4.69) is 21.7 Å². The summed E-state index contributed by atoms with van der Waals surface area (Å²) in [4.78, 5) is 5.26. The summed E-state index contributed by atoms with van der Waals surface area (Å²) >= 11 is 1.71. The zero-order valence-electron chi connectivity index (χ0n) is 8.26. The van der Waals surface area contributed by atoms with Crippen LogP contribution in [0.3, 0.4) is 0 Å². The van der Waals surface area contributed by atoms with Crippen molar-refractivity contribution < 1.29 is 5.11 Å². The minimum atomic E-state index is 0.180. The van der Waals surface area contributed by atoms with Gasteiger partial charge in [0.1, 0.15) is 0 Å². The highest BCUT2D eigenvalue weighted by Gasteiger charge is 2.00. The summed E-state index contributed by atoms with van der Waals surface area (Å²) in [5.41, 5.74) is 1.14. The largest absolute Gasteiger partial charge is 0.395 e. The summed E-state index contributed by atoms with van der Waals surface area (Å²) < 4.78 is 1.98. The van der Waals surface area contributed by atoms with Crippen LogP contribution < -0.4 is 5.32 Å². The Bertz CT molecular complexity index is 396. The van der Waals surface area contributed by atoms with Gasteiger partial charge in [-0.3, -0.25) is 0 Å². The van der Waals surface area contributed by atoms with Crippen LogP contribution in [0.2, 0.25) is 0 Å². The molecule has 0 aliphatic heterocycles. The van der Waals surface area contributed by atoms with Crippen molar-refractivity contribution in [2.75, 3.05) is 13.2 Å². The average molecular weight is 223 g/mol. The Hall–Kier alpha value is -1.17. The van der Waals surface area contributed by atoms with Gasteiger partial charge in [-0.05, 0) is 6.07 Å². The van der Waals surface area contributed by atoms with Crippen LogP contribution in [0.4, 0.5) is 0 Å². The zero-order chi connectivity index (χ0) is 10.5. The molecule has 0 saturated heterocycles. The van der Waals surface area contributed by atoms with Crippen LogP contribution in [0, 0.1) is 0 Å². The first-order valence-electron chi connectivity index (χ1n) is 4.77. The molecule has 5 heteroatoms. The first-order valence-corrected chi connectivity index (χ1v) is 5.65. The molecule has 0 fully saturated rings. The molecule has 4 nitrogen and oxygen atoms in total. The second-order valence-electron chi connectivity index (χ2n) is 3.14. The Morgan fingerprint density at radius 3 is 3.20 bits per heavy atom. The molecule has 2 aromatic heterocycles. The van der Waals surface area contributed by atoms with Crippen LogP contribution in [0.15, 0.2) is 30.2 Å². The molecule has 0 unspecified atom stereocenters. The van der Waals surface area contributed by atoms with Crippen LogP contribution in [0.25, 0.3) is 5.69 Å². The average Bonchev–Trinajstić information content (AvgIpc) is 2.87. The third-order valence-electron chi connectivity index (χ3n) is 2.03. The fraction of sp³-hybridized carbons (Fsp3) is 0.300. The lowest BCUT2D eigenvalue weighted by Gasteiger charge is -1.98. The third kappa shape index (κ3) is 2.65. The van der Waals surface area contributed by atoms with E-state index in [1.807, 2.05) is 10.8 Å². The van der Waals surface area contributed by atoms with E-state index in [4.69, 9.17) is 5.11 Å². The number of thiophene rings is 1. The molecular formula is C10H13N3OS. The summed E-state index contributed by atoms with van der Waals surface area (Å²) in [6, 6.07) is 2.12. The Kier molecular flexibility index (Phi) is 3.49. The van der Waals surface area contributed by atoms with E-state index in [9.17, 15) is 0 Å². The number of aliphatic hydroxyl groups excluding tert-OH is 1. The number of hydrogen-bond acceptors (Lipinski definition) is 4. The first-order chi connectivity index (χ1) is 7.40. The van der Waals surface area contributed by atoms with Crippen molar-refractivity contribution in [2.24, 2.45) is 0 Å². The van der Waals surface area contributed by atoms with Gasteiger partial charge in [0.2, 0.25) is 0 Å². The van der Waals surface area contributed by atoms with Crippen molar-refractivity contribution in [3.05, 3.63) is 35.0 Å². The van der Waals surface area contributed by atoms with E-state index < -0.39 is 0 Å². The van der Waals surface area contributed by atoms with E-state index in [1.54, 1.807) is 23.9 Å². The Morgan fingerprint density at radius 1 is 1.53 bits per heavy atom. The summed E-state index contributed by atoms with van der Waals surface area (Å²) in [6.07, 6.45) is 5.47. The van der Waals surface area contributed by atoms with Gasteiger partial charge in [-0.2, -0.15) is 0 Å². The first kappa shape index (κ1) is 10.4. The monoisotopic (exact) mass is 223 g/mol. The van der Waals surface area contributed by atoms with Crippen LogP contribution >= 0.6 is 11.3 Å². The Morgan fingerprint density at radius 2 is 2.47 bits per heavy atom. The smallest absolute Gasteiger partial charge is 0.0991 e. The van der Waals surface area contributed by atoms with Crippen molar-refractivity contribution in [1.29, 1.82) is 0 Å². The molecule has 0 atom stereocenters. The number of hydrogen-bond donors (Lipinski definition) is 2. The second kappa shape index (κ2) is 5.06. The van der Waals surface area contributed by atoms with Crippen molar-refractivity contribution in [3.63, 3.8) is 0 Å². The molecule has 80 valence electrons. The molecule has 0 aliphatic rings. The lowest BCUT2D eigenvalue weighted by Crippen LogP contribution is -2.16. The van der Waals surface area contributed by atoms with Gasteiger partial charge in [0.05, 0.1) is 18.6 Å². The molecule has 15 heavy (non-hydrogen) atoms. The van der Waals surface area contributed by atoms with Crippen molar-refractivity contribution in [2.45, 2.75) is 6.54 Å². The number of nitrogens with one attached hydrogen (secondary N) is 1. The normalized spacial score (nSPS) is 10.7. The number of rotatable bonds is 5. The maximum atomic E-state index is 8.63. The molecular weight excluding hydrogens is 210 g/mol. The van der Waals surface area contributed by atoms with E-state index >= 15 is 0 Å². The number of imidazole rings is 1. The lowest BCUT2D eigenvalue weighted by atomic mass is 10.4. The molecule has 2 aromatic rings. The topological polar surface area (TPSA) is 50.1 Å². The molecule has 0 amide bonds. The number of aromatic nitrogens is 2. The fourth-order valence-electron chi connectivity index (χ4n) is 1.30. The van der Waals surface area contributed by atoms with E-state index in [1.165, 1.54) is 4.88 Å². The molecule has 2 N–H and O–H groups in total. The molecule has 0 saturated carbocycles. The highest BCUT2D eigenvalue weighted by Crippen LogP contribution is 2.17. The van der Waals surface area contributed by atoms with Crippen LogP contribution in [-0.2, 0) is 6.54 Å². The molecule has 2 heterocycles. The van der Waals surface area contributed by atoms with Crippen LogP contribution in [-0.4, -0.2) is 27.8 Å². The summed E-state index contributed by atoms with van der Waals surface area (Å²) in [7, 11) is 0. The van der Waals surface area contributed by atoms with Gasteiger partial charge in [-0.15, -0.1) is 11.3 Å². The van der Waals surface area contributed by atoms with E-state index in [0.717, 1.165) is 12.2 Å². The molecule has 0 spiro atoms. The molecule has 2 rings (SSSR count). The van der Waals surface area contributed by atoms with Crippen LogP contribution in [0.1, 0.15) is 4.88 Å². The van der Waals surface area contributed by atoms with Gasteiger partial charge < -0.3 is 15.0 Å². The van der Waals surface area contributed by atoms with Gasteiger partial charge in [-0.25, -0.2) is 4.98 Å². The molecule has 0 bridgehead atoms. The zero-order valence-corrected chi connectivity index (χ0v) is 9.07. The van der Waals surface area contributed by atoms with Crippen molar-refractivity contribution >= 4 is 11.3 Å². The SMILES string of the molecule is OCCNCc1cc(-n2ccnc2)cs1. The number of aliphatic hydroxyl groups is 1. The molecule has 0 aromatic carbocycles. The van der Waals surface area contributed by atoms with Gasteiger partial charge in [0.15, 0.2) is 0 Å². The Labute approximate surface area is 92.2 Å². The highest BCUT2D eigenvalue weighted by atomic mass is 32.1. The number of nitrogens with zero attached hydrogens (tertiary/aromatic N) is 2. The predicted molar refractivity (Wildman–Crippen MR) is 60.2 cm³/mol. The van der Waals surface area contributed by atoms with Gasteiger partial charge in [0, 0.05) is 35.7 Å². The third-order valence-corrected chi connectivity index (χ3v) is 2.95. The van der Waals surface area contributed by atoms with Crippen molar-refractivity contribution in [1.82, 2.24) is 14.9 Å². The van der Waals surface area contributed by atoms with E-state index in [0.29, 0.717) is 6.54 Å². The minimum absolute atomic E-state index is 0.180. The highest BCUT2D eigenvalue weighted by molar-refractivity contribution is 7.10. The van der Waals surface area contributed by atoms with Crippen LogP contribution in [0.5, 0.6) is 0 Å². The summed E-state index contributed by atoms with van der Waals surface area (Å²) in [5.74, 6) is 0. The fourth-order valence-corrected chi connectivity index (χ4v) is 2.14. The summed E-state index contributed by atoms with van der Waals surface area (Å²) in [5, 5.41) is 13.9.